The average Bonchev–Trinajstić information content (AvgIpc) is 3.43. The van der Waals surface area contributed by atoms with Gasteiger partial charge in [0.25, 0.3) is 0 Å². The Morgan fingerprint density at radius 1 is 1.31 bits per heavy atom. The highest BCUT2D eigenvalue weighted by molar-refractivity contribution is 14.0. The van der Waals surface area contributed by atoms with Crippen molar-refractivity contribution in [2.75, 3.05) is 52.5 Å². The van der Waals surface area contributed by atoms with Crippen LogP contribution in [0.4, 0.5) is 0 Å². The summed E-state index contributed by atoms with van der Waals surface area (Å²) in [5.41, 5.74) is 2.52. The molecule has 2 fully saturated rings. The third-order valence-electron chi connectivity index (χ3n) is 6.15. The van der Waals surface area contributed by atoms with E-state index in [1.165, 1.54) is 11.1 Å². The number of hydrogen-bond acceptors (Lipinski definition) is 4. The van der Waals surface area contributed by atoms with Gasteiger partial charge in [-0.15, -0.1) is 24.0 Å². The van der Waals surface area contributed by atoms with E-state index in [0.717, 1.165) is 63.3 Å². The van der Waals surface area contributed by atoms with Crippen molar-refractivity contribution >= 4 is 41.5 Å². The molecule has 1 aromatic carbocycles. The van der Waals surface area contributed by atoms with Crippen LogP contribution in [0.15, 0.2) is 41.7 Å². The van der Waals surface area contributed by atoms with E-state index in [-0.39, 0.29) is 30.0 Å². The standard InChI is InChI=1S/C23H33ClN6O.HI/c1-3-25-23(30-8-7-19(17-30)20-14-27-28(2)16-20)26-15-22(29-9-11-31-12-10-29)18-5-4-6-21(24)13-18;/h4-6,13-14,16,19,22H,3,7-12,15,17H2,1-2H3,(H,25,26);1H. The molecule has 9 heteroatoms. The Kier molecular flexibility index (Phi) is 9.63. The number of guanidine groups is 1. The van der Waals surface area contributed by atoms with E-state index in [9.17, 15) is 0 Å². The molecule has 7 nitrogen and oxygen atoms in total. The molecule has 2 unspecified atom stereocenters. The molecule has 1 aromatic heterocycles. The summed E-state index contributed by atoms with van der Waals surface area (Å²) in [7, 11) is 1.98. The molecule has 2 aliphatic rings. The zero-order valence-electron chi connectivity index (χ0n) is 18.9. The van der Waals surface area contributed by atoms with E-state index in [2.05, 4.69) is 45.5 Å². The predicted molar refractivity (Wildman–Crippen MR) is 140 cm³/mol. The lowest BCUT2D eigenvalue weighted by Gasteiger charge is -2.34. The topological polar surface area (TPSA) is 57.9 Å². The van der Waals surface area contributed by atoms with Gasteiger partial charge in [0.1, 0.15) is 0 Å². The van der Waals surface area contributed by atoms with Crippen molar-refractivity contribution in [3.63, 3.8) is 0 Å². The minimum atomic E-state index is 0. The van der Waals surface area contributed by atoms with Crippen molar-refractivity contribution in [3.8, 4) is 0 Å². The normalized spacial score (nSPS) is 20.8. The van der Waals surface area contributed by atoms with Crippen molar-refractivity contribution < 1.29 is 4.74 Å². The van der Waals surface area contributed by atoms with Crippen molar-refractivity contribution in [1.29, 1.82) is 0 Å². The quantitative estimate of drug-likeness (QED) is 0.326. The number of aryl methyl sites for hydroxylation is 1. The zero-order chi connectivity index (χ0) is 21.6. The summed E-state index contributed by atoms with van der Waals surface area (Å²) in [5.74, 6) is 1.50. The highest BCUT2D eigenvalue weighted by atomic mass is 127. The summed E-state index contributed by atoms with van der Waals surface area (Å²) in [6.07, 6.45) is 5.25. The number of hydrogen-bond donors (Lipinski definition) is 1. The van der Waals surface area contributed by atoms with Gasteiger partial charge in [0.15, 0.2) is 5.96 Å². The summed E-state index contributed by atoms with van der Waals surface area (Å²) >= 11 is 6.31. The molecule has 0 bridgehead atoms. The van der Waals surface area contributed by atoms with E-state index in [1.54, 1.807) is 0 Å². The first kappa shape index (κ1) is 25.3. The Morgan fingerprint density at radius 3 is 2.81 bits per heavy atom. The first-order valence-corrected chi connectivity index (χ1v) is 11.6. The van der Waals surface area contributed by atoms with Crippen molar-refractivity contribution in [3.05, 3.63) is 52.8 Å². The van der Waals surface area contributed by atoms with Crippen LogP contribution in [-0.2, 0) is 11.8 Å². The fourth-order valence-electron chi connectivity index (χ4n) is 4.51. The first-order chi connectivity index (χ1) is 15.1. The molecule has 2 saturated heterocycles. The van der Waals surface area contributed by atoms with Gasteiger partial charge in [0, 0.05) is 56.9 Å². The van der Waals surface area contributed by atoms with Crippen LogP contribution in [0.5, 0.6) is 0 Å². The molecule has 0 radical (unpaired) electrons. The van der Waals surface area contributed by atoms with Gasteiger partial charge in [-0.25, -0.2) is 0 Å². The summed E-state index contributed by atoms with van der Waals surface area (Å²) in [6, 6.07) is 8.37. The first-order valence-electron chi connectivity index (χ1n) is 11.2. The van der Waals surface area contributed by atoms with Crippen LogP contribution >= 0.6 is 35.6 Å². The number of rotatable bonds is 6. The van der Waals surface area contributed by atoms with Crippen LogP contribution in [-0.4, -0.2) is 78.0 Å². The largest absolute Gasteiger partial charge is 0.379 e. The summed E-state index contributed by atoms with van der Waals surface area (Å²) in [4.78, 5) is 9.94. The fourth-order valence-corrected chi connectivity index (χ4v) is 4.71. The number of benzene rings is 1. The summed E-state index contributed by atoms with van der Waals surface area (Å²) < 4.78 is 7.46. The zero-order valence-corrected chi connectivity index (χ0v) is 22.0. The molecule has 32 heavy (non-hydrogen) atoms. The van der Waals surface area contributed by atoms with Gasteiger partial charge >= 0.3 is 0 Å². The van der Waals surface area contributed by atoms with Gasteiger partial charge < -0.3 is 15.0 Å². The van der Waals surface area contributed by atoms with Crippen molar-refractivity contribution in [2.24, 2.45) is 12.0 Å². The molecule has 2 aromatic rings. The molecule has 4 rings (SSSR count). The Bertz CT molecular complexity index is 885. The predicted octanol–water partition coefficient (Wildman–Crippen LogP) is 3.52. The maximum atomic E-state index is 6.31. The van der Waals surface area contributed by atoms with Crippen molar-refractivity contribution in [1.82, 2.24) is 24.9 Å². The number of nitrogens with one attached hydrogen (secondary N) is 1. The van der Waals surface area contributed by atoms with E-state index < -0.39 is 0 Å². The average molecular weight is 573 g/mol. The molecule has 2 aliphatic heterocycles. The smallest absolute Gasteiger partial charge is 0.194 e. The number of ether oxygens (including phenoxy) is 1. The van der Waals surface area contributed by atoms with E-state index in [1.807, 2.05) is 30.1 Å². The molecule has 2 atom stereocenters. The maximum Gasteiger partial charge on any atom is 0.194 e. The molecular weight excluding hydrogens is 539 g/mol. The van der Waals surface area contributed by atoms with Crippen LogP contribution in [0.3, 0.4) is 0 Å². The Hall–Kier alpha value is -1.36. The highest BCUT2D eigenvalue weighted by Crippen LogP contribution is 2.28. The third kappa shape index (κ3) is 6.36. The van der Waals surface area contributed by atoms with E-state index in [0.29, 0.717) is 12.5 Å². The molecule has 0 saturated carbocycles. The molecule has 176 valence electrons. The minimum absolute atomic E-state index is 0. The second-order valence-electron chi connectivity index (χ2n) is 8.29. The number of likely N-dealkylation sites (tertiary alicyclic amines) is 1. The van der Waals surface area contributed by atoms with Crippen LogP contribution in [0.1, 0.15) is 36.4 Å². The van der Waals surface area contributed by atoms with Gasteiger partial charge in [0.2, 0.25) is 0 Å². The second kappa shape index (κ2) is 12.2. The van der Waals surface area contributed by atoms with Gasteiger partial charge in [-0.2, -0.15) is 5.10 Å². The Balaban J connectivity index is 0.00000289. The molecule has 0 amide bonds. The van der Waals surface area contributed by atoms with E-state index in [4.69, 9.17) is 21.3 Å². The molecular formula is C23H34ClIN6O. The van der Waals surface area contributed by atoms with Gasteiger partial charge in [-0.05, 0) is 36.6 Å². The number of halogens is 2. The molecule has 1 N–H and O–H groups in total. The lowest BCUT2D eigenvalue weighted by molar-refractivity contribution is 0.0179. The van der Waals surface area contributed by atoms with E-state index >= 15 is 0 Å². The summed E-state index contributed by atoms with van der Waals surface area (Å²) in [5, 5.41) is 8.62. The summed E-state index contributed by atoms with van der Waals surface area (Å²) in [6.45, 7) is 9.00. The lowest BCUT2D eigenvalue weighted by Crippen LogP contribution is -2.42. The van der Waals surface area contributed by atoms with Gasteiger partial charge in [-0.3, -0.25) is 14.6 Å². The lowest BCUT2D eigenvalue weighted by atomic mass is 10.0. The van der Waals surface area contributed by atoms with Crippen LogP contribution in [0.25, 0.3) is 0 Å². The minimum Gasteiger partial charge on any atom is -0.379 e. The van der Waals surface area contributed by atoms with Gasteiger partial charge in [-0.1, -0.05) is 23.7 Å². The third-order valence-corrected chi connectivity index (χ3v) is 6.39. The highest BCUT2D eigenvalue weighted by Gasteiger charge is 2.28. The van der Waals surface area contributed by atoms with Crippen LogP contribution in [0.2, 0.25) is 5.02 Å². The fraction of sp³-hybridized carbons (Fsp3) is 0.565. The van der Waals surface area contributed by atoms with Gasteiger partial charge in [0.05, 0.1) is 32.0 Å². The van der Waals surface area contributed by atoms with Crippen LogP contribution in [0, 0.1) is 0 Å². The Labute approximate surface area is 213 Å². The van der Waals surface area contributed by atoms with Crippen LogP contribution < -0.4 is 5.32 Å². The number of aliphatic imine (C=N–C) groups is 1. The van der Waals surface area contributed by atoms with Crippen molar-refractivity contribution in [2.45, 2.75) is 25.3 Å². The number of nitrogens with zero attached hydrogens (tertiary/aromatic N) is 5. The SMILES string of the molecule is CCNC(=NCC(c1cccc(Cl)c1)N1CCOCC1)N1CCC(c2cnn(C)c2)C1.I. The monoisotopic (exact) mass is 572 g/mol. The Morgan fingerprint density at radius 2 is 2.12 bits per heavy atom. The maximum absolute atomic E-state index is 6.31. The number of aromatic nitrogens is 2. The second-order valence-corrected chi connectivity index (χ2v) is 8.73. The molecule has 0 aliphatic carbocycles. The number of morpholine rings is 1. The molecule has 3 heterocycles. The molecule has 0 spiro atoms.